The summed E-state index contributed by atoms with van der Waals surface area (Å²) in [5.74, 6) is 2.49. The van der Waals surface area contributed by atoms with Gasteiger partial charge in [0, 0.05) is 83.2 Å². The van der Waals surface area contributed by atoms with Crippen molar-refractivity contribution in [3.8, 4) is 23.1 Å². The van der Waals surface area contributed by atoms with E-state index in [9.17, 15) is 47.1 Å². The third-order valence-corrected chi connectivity index (χ3v) is 17.1. The molecule has 5 atom stereocenters. The zero-order valence-electron chi connectivity index (χ0n) is 42.3. The topological polar surface area (TPSA) is 271 Å². The Hall–Kier alpha value is -6.77. The third kappa shape index (κ3) is 13.3. The van der Waals surface area contributed by atoms with Gasteiger partial charge in [-0.1, -0.05) is 48.1 Å². The maximum Gasteiger partial charge on any atom is 0.389 e. The first-order valence-corrected chi connectivity index (χ1v) is 28.8. The molecule has 5 aromatic rings. The number of carbonyl (C=O) groups excluding carboxylic acids is 8. The van der Waals surface area contributed by atoms with E-state index in [-0.39, 0.29) is 86.1 Å². The molecule has 79 heavy (non-hydrogen) atoms. The highest BCUT2D eigenvalue weighted by atomic mass is 35.5. The second kappa shape index (κ2) is 24.7. The summed E-state index contributed by atoms with van der Waals surface area (Å²) in [6.45, 7) is 0.154. The van der Waals surface area contributed by atoms with Crippen LogP contribution in [0.2, 0.25) is 5.02 Å². The van der Waals surface area contributed by atoms with Crippen molar-refractivity contribution in [3.63, 3.8) is 0 Å². The molecule has 2 aromatic heterocycles. The van der Waals surface area contributed by atoms with Gasteiger partial charge in [-0.15, -0.1) is 22.7 Å². The number of nitrogens with one attached hydrogen (secondary N) is 3. The zero-order chi connectivity index (χ0) is 56.1. The van der Waals surface area contributed by atoms with Crippen LogP contribution in [0.1, 0.15) is 125 Å². The number of thiazole rings is 1. The van der Waals surface area contributed by atoms with Crippen LogP contribution < -0.4 is 21.7 Å². The van der Waals surface area contributed by atoms with Gasteiger partial charge >= 0.3 is 14.7 Å². The molecule has 8 amide bonds. The Morgan fingerprint density at radius 1 is 0.987 bits per heavy atom. The lowest BCUT2D eigenvalue weighted by Crippen LogP contribution is -2.61. The van der Waals surface area contributed by atoms with Crippen LogP contribution in [0.25, 0.3) is 21.3 Å². The molecule has 1 unspecified atom stereocenters. The summed E-state index contributed by atoms with van der Waals surface area (Å²) in [5, 5.41) is 11.2. The predicted molar refractivity (Wildman–Crippen MR) is 289 cm³/mol. The number of primary amides is 1. The van der Waals surface area contributed by atoms with Crippen LogP contribution in [-0.4, -0.2) is 114 Å². The molecule has 3 aromatic carbocycles. The van der Waals surface area contributed by atoms with E-state index in [4.69, 9.17) is 32.1 Å². The van der Waals surface area contributed by atoms with Gasteiger partial charge in [0.1, 0.15) is 23.1 Å². The largest absolute Gasteiger partial charge is 0.389 e. The Kier molecular flexibility index (Phi) is 17.8. The average molecular weight is 1160 g/mol. The van der Waals surface area contributed by atoms with Crippen LogP contribution >= 0.6 is 42.9 Å². The maximum absolute atomic E-state index is 15.0. The molecule has 25 heteroatoms. The minimum atomic E-state index is -4.06. The van der Waals surface area contributed by atoms with Gasteiger partial charge in [0.25, 0.3) is 11.8 Å². The van der Waals surface area contributed by atoms with Crippen molar-refractivity contribution in [2.45, 2.75) is 120 Å². The molecule has 3 saturated heterocycles. The fraction of sp³-hybridized carbons (Fsp3) is 0.389. The Morgan fingerprint density at radius 3 is 2.54 bits per heavy atom. The van der Waals surface area contributed by atoms with Gasteiger partial charge in [-0.25, -0.2) is 9.51 Å². The number of benzene rings is 3. The second-order valence-electron chi connectivity index (χ2n) is 19.6. The van der Waals surface area contributed by atoms with Crippen LogP contribution in [0.5, 0.6) is 0 Å². The van der Waals surface area contributed by atoms with E-state index < -0.39 is 80.0 Å². The van der Waals surface area contributed by atoms with Crippen molar-refractivity contribution in [3.05, 3.63) is 109 Å². The molecule has 19 nitrogen and oxygen atoms in total. The van der Waals surface area contributed by atoms with Crippen LogP contribution in [0.4, 0.5) is 8.78 Å². The second-order valence-corrected chi connectivity index (χ2v) is 22.7. The van der Waals surface area contributed by atoms with Crippen LogP contribution in [0, 0.1) is 11.8 Å². The Balaban J connectivity index is 0.877. The number of fused-ring (bicyclic) bond motifs is 3. The van der Waals surface area contributed by atoms with Gasteiger partial charge in [-0.3, -0.25) is 43.7 Å². The van der Waals surface area contributed by atoms with Crippen molar-refractivity contribution in [1.29, 1.82) is 0 Å². The molecule has 4 aliphatic heterocycles. The molecule has 9 rings (SSSR count). The monoisotopic (exact) mass is 1160 g/mol. The third-order valence-electron chi connectivity index (χ3n) is 14.4. The average Bonchev–Trinajstić information content (AvgIpc) is 4.26. The quantitative estimate of drug-likeness (QED) is 0.0237. The highest BCUT2D eigenvalue weighted by Crippen LogP contribution is 2.43. The summed E-state index contributed by atoms with van der Waals surface area (Å²) in [6.07, 6.45) is -0.242. The van der Waals surface area contributed by atoms with E-state index in [0.717, 1.165) is 34.6 Å². The minimum Gasteiger partial charge on any atom is -0.370 e. The summed E-state index contributed by atoms with van der Waals surface area (Å²) in [7, 11) is -3.40. The number of piperidine rings is 1. The van der Waals surface area contributed by atoms with E-state index >= 15 is 0 Å². The molecule has 0 saturated carbocycles. The molecule has 0 radical (unpaired) electrons. The van der Waals surface area contributed by atoms with Gasteiger partial charge in [0.2, 0.25) is 35.4 Å². The smallest absolute Gasteiger partial charge is 0.370 e. The molecule has 414 valence electrons. The number of hydrogen-bond acceptors (Lipinski definition) is 14. The van der Waals surface area contributed by atoms with Gasteiger partial charge in [-0.2, -0.15) is 8.78 Å². The number of nitrogens with two attached hydrogens (primary N) is 1. The number of aromatic nitrogens is 1. The standard InChI is InChI=1S/C54H54ClF2N8O11PS2/c55-34-14-11-31(12-15-34)40-29-78-51(61-40)38(17-21-45(58)66)59-49(70)42-18-16-35-23-24-63(28-39(53(73)65(35)42)60-50(71)44-26-32-25-33(13-20-43(32)79-44)54(56,57)76-77(74)75)47(68)10-5-3-1-2-4-7-30-8-6-9-36-37(30)27-64(52(36)72)41-19-22-46(67)62-48(41)69/h6,8-9,11-15,20,25-26,29,35,38-39,41-42,74-75H,1-3,5,10,16-19,21-24,27-28H2,(H2,58,66)(H,59,70)(H,60,71)(H,62,67,69)/t35-,38+,39+,41?,42+/m1/s1. The number of nitrogens with zero attached hydrogens (tertiary/aromatic N) is 4. The lowest BCUT2D eigenvalue weighted by atomic mass is 10.0. The first kappa shape index (κ1) is 56.9. The number of thiophene rings is 1. The van der Waals surface area contributed by atoms with Crippen LogP contribution in [0.3, 0.4) is 0 Å². The summed E-state index contributed by atoms with van der Waals surface area (Å²) < 4.78 is 33.8. The zero-order valence-corrected chi connectivity index (χ0v) is 45.5. The van der Waals surface area contributed by atoms with Crippen LogP contribution in [0.15, 0.2) is 72.1 Å². The number of alkyl halides is 2. The number of halogens is 3. The molecule has 0 spiro atoms. The van der Waals surface area contributed by atoms with Gasteiger partial charge in [0.05, 0.1) is 22.2 Å². The number of unbranched alkanes of at least 4 members (excludes halogenated alkanes) is 3. The SMILES string of the molecule is NC(=O)CC[C@H](NC(=O)[C@@H]1CC[C@@H]2CCN(C(=O)CCCCCC#Cc3cccc4c3CN(C3CCC(=O)NC3=O)C4=O)C[C@H](NC(=O)c3cc4cc(C(F)(F)OP(O)O)ccc4s3)C(=O)N21)c1nc(-c2ccc(Cl)cc2)cs1. The van der Waals surface area contributed by atoms with E-state index in [0.29, 0.717) is 70.1 Å². The molecule has 6 heterocycles. The number of imide groups is 1. The molecule has 7 N–H and O–H groups in total. The molecular weight excluding hydrogens is 1110 g/mol. The van der Waals surface area contributed by atoms with Crippen LogP contribution in [-0.2, 0) is 45.9 Å². The Morgan fingerprint density at radius 2 is 1.78 bits per heavy atom. The fourth-order valence-corrected chi connectivity index (χ4v) is 12.7. The summed E-state index contributed by atoms with van der Waals surface area (Å²) in [5.41, 5.74) is 8.12. The molecular formula is C54H54ClF2N8O11PS2. The molecule has 0 aliphatic carbocycles. The minimum absolute atomic E-state index is 0.0455. The summed E-state index contributed by atoms with van der Waals surface area (Å²) in [6, 6.07) is 12.7. The van der Waals surface area contributed by atoms with Crippen molar-refractivity contribution >= 4 is 100 Å². The van der Waals surface area contributed by atoms with E-state index in [1.165, 1.54) is 33.3 Å². The Bertz CT molecular complexity index is 3280. The van der Waals surface area contributed by atoms with E-state index in [1.807, 2.05) is 11.4 Å². The predicted octanol–water partition coefficient (Wildman–Crippen LogP) is 6.53. The van der Waals surface area contributed by atoms with Crippen molar-refractivity contribution < 1.29 is 61.4 Å². The maximum atomic E-state index is 15.0. The lowest BCUT2D eigenvalue weighted by molar-refractivity contribution is -0.189. The van der Waals surface area contributed by atoms with E-state index in [1.54, 1.807) is 41.3 Å². The van der Waals surface area contributed by atoms with Gasteiger partial charge < -0.3 is 40.9 Å². The highest BCUT2D eigenvalue weighted by Gasteiger charge is 2.46. The first-order valence-electron chi connectivity index (χ1n) is 25.6. The molecule has 0 bridgehead atoms. The van der Waals surface area contributed by atoms with Crippen molar-refractivity contribution in [2.75, 3.05) is 13.1 Å². The lowest BCUT2D eigenvalue weighted by Gasteiger charge is -2.39. The highest BCUT2D eigenvalue weighted by molar-refractivity contribution is 7.39. The Labute approximate surface area is 466 Å². The summed E-state index contributed by atoms with van der Waals surface area (Å²) in [4.78, 5) is 135. The number of carbonyl (C=O) groups is 8. The van der Waals surface area contributed by atoms with Gasteiger partial charge in [-0.05, 0) is 104 Å². The van der Waals surface area contributed by atoms with Gasteiger partial charge in [0.15, 0.2) is 0 Å². The van der Waals surface area contributed by atoms with Crippen molar-refractivity contribution in [1.82, 2.24) is 35.6 Å². The number of amides is 8. The first-order chi connectivity index (χ1) is 37.8. The number of rotatable bonds is 18. The molecule has 3 fully saturated rings. The number of hydrogen-bond donors (Lipinski definition) is 6. The normalized spacial score (nSPS) is 19.8. The van der Waals surface area contributed by atoms with E-state index in [2.05, 4.69) is 32.3 Å². The fourth-order valence-electron chi connectivity index (χ4n) is 10.4. The summed E-state index contributed by atoms with van der Waals surface area (Å²) >= 11 is 8.34. The van der Waals surface area contributed by atoms with Crippen molar-refractivity contribution in [2.24, 2.45) is 5.73 Å². The molecule has 4 aliphatic rings.